The van der Waals surface area contributed by atoms with Crippen LogP contribution in [0.1, 0.15) is 26.7 Å². The van der Waals surface area contributed by atoms with Gasteiger partial charge in [0.05, 0.1) is 22.2 Å². The average Bonchev–Trinajstić information content (AvgIpc) is 2.90. The third kappa shape index (κ3) is 5.69. The number of carbonyl (C=O) groups excluding carboxylic acids is 1. The molecule has 1 atom stereocenters. The summed E-state index contributed by atoms with van der Waals surface area (Å²) in [5.41, 5.74) is 0. The van der Waals surface area contributed by atoms with Crippen LogP contribution in [0.25, 0.3) is 0 Å². The fourth-order valence-electron chi connectivity index (χ4n) is 2.99. The first-order chi connectivity index (χ1) is 12.0. The van der Waals surface area contributed by atoms with Crippen LogP contribution in [0.4, 0.5) is 0 Å². The largest absolute Gasteiger partial charge is 0.338 e. The Morgan fingerprint density at radius 3 is 2.38 bits per heavy atom. The minimum absolute atomic E-state index is 0.0462. The van der Waals surface area contributed by atoms with Crippen molar-refractivity contribution in [1.82, 2.24) is 4.90 Å². The first-order valence-electron chi connectivity index (χ1n) is 8.48. The maximum Gasteiger partial charge on any atom is 0.223 e. The molecule has 146 valence electrons. The summed E-state index contributed by atoms with van der Waals surface area (Å²) in [7, 11) is -6.73. The molecule has 1 saturated heterocycles. The van der Waals surface area contributed by atoms with Crippen LogP contribution in [0.5, 0.6) is 0 Å². The van der Waals surface area contributed by atoms with Crippen molar-refractivity contribution in [3.05, 3.63) is 29.3 Å². The number of rotatable bonds is 7. The summed E-state index contributed by atoms with van der Waals surface area (Å²) in [6.45, 7) is 4.29. The van der Waals surface area contributed by atoms with Gasteiger partial charge in [-0.3, -0.25) is 4.79 Å². The minimum Gasteiger partial charge on any atom is -0.338 e. The van der Waals surface area contributed by atoms with Gasteiger partial charge in [0.1, 0.15) is 0 Å². The van der Waals surface area contributed by atoms with Crippen LogP contribution in [-0.2, 0) is 24.5 Å². The Labute approximate surface area is 160 Å². The third-order valence-corrected chi connectivity index (χ3v) is 8.02. The summed E-state index contributed by atoms with van der Waals surface area (Å²) in [6.07, 6.45) is 0.235. The molecule has 2 rings (SSSR count). The molecule has 26 heavy (non-hydrogen) atoms. The van der Waals surface area contributed by atoms with E-state index in [0.717, 1.165) is 0 Å². The number of nitrogens with zero attached hydrogens (tertiary/aromatic N) is 1. The molecule has 9 heteroatoms. The first-order valence-corrected chi connectivity index (χ1v) is 12.3. The lowest BCUT2D eigenvalue weighted by Gasteiger charge is -2.30. The fraction of sp³-hybridized carbons (Fsp3) is 0.588. The quantitative estimate of drug-likeness (QED) is 0.673. The number of carbonyl (C=O) groups is 1. The molecule has 1 heterocycles. The van der Waals surface area contributed by atoms with Crippen LogP contribution in [0.2, 0.25) is 5.02 Å². The smallest absolute Gasteiger partial charge is 0.223 e. The molecule has 1 fully saturated rings. The zero-order valence-electron chi connectivity index (χ0n) is 14.9. The van der Waals surface area contributed by atoms with Crippen LogP contribution in [0.3, 0.4) is 0 Å². The highest BCUT2D eigenvalue weighted by Crippen LogP contribution is 2.21. The van der Waals surface area contributed by atoms with Crippen molar-refractivity contribution in [1.29, 1.82) is 0 Å². The molecular weight excluding hydrogens is 398 g/mol. The van der Waals surface area contributed by atoms with Gasteiger partial charge >= 0.3 is 0 Å². The number of amides is 1. The molecule has 0 aliphatic carbocycles. The summed E-state index contributed by atoms with van der Waals surface area (Å²) < 4.78 is 48.3. The van der Waals surface area contributed by atoms with Crippen LogP contribution >= 0.6 is 11.6 Å². The second-order valence-electron chi connectivity index (χ2n) is 7.02. The highest BCUT2D eigenvalue weighted by atomic mass is 35.5. The van der Waals surface area contributed by atoms with Crippen molar-refractivity contribution in [3.63, 3.8) is 0 Å². The molecule has 0 spiro atoms. The number of hydrogen-bond acceptors (Lipinski definition) is 5. The first kappa shape index (κ1) is 21.2. The van der Waals surface area contributed by atoms with Gasteiger partial charge in [-0.15, -0.1) is 0 Å². The van der Waals surface area contributed by atoms with Crippen molar-refractivity contribution >= 4 is 37.2 Å². The molecule has 0 N–H and O–H groups in total. The molecular formula is C17H24ClNO5S2. The van der Waals surface area contributed by atoms with Crippen molar-refractivity contribution in [3.8, 4) is 0 Å². The molecule has 0 radical (unpaired) electrons. The molecule has 1 aliphatic rings. The van der Waals surface area contributed by atoms with Crippen LogP contribution in [0, 0.1) is 5.92 Å². The zero-order chi connectivity index (χ0) is 19.5. The van der Waals surface area contributed by atoms with E-state index in [1.54, 1.807) is 4.90 Å². The molecule has 0 unspecified atom stereocenters. The van der Waals surface area contributed by atoms with Gasteiger partial charge < -0.3 is 4.90 Å². The molecule has 1 aromatic carbocycles. The van der Waals surface area contributed by atoms with Crippen LogP contribution in [0.15, 0.2) is 29.2 Å². The average molecular weight is 422 g/mol. The SMILES string of the molecule is CC(C)CN(C(=O)CCS(=O)(=O)c1ccc(Cl)cc1)[C@@H]1CCS(=O)(=O)C1. The van der Waals surface area contributed by atoms with Gasteiger partial charge in [-0.25, -0.2) is 16.8 Å². The molecule has 0 saturated carbocycles. The highest BCUT2D eigenvalue weighted by Gasteiger charge is 2.35. The van der Waals surface area contributed by atoms with Crippen molar-refractivity contribution < 1.29 is 21.6 Å². The van der Waals surface area contributed by atoms with Crippen molar-refractivity contribution in [2.24, 2.45) is 5.92 Å². The minimum atomic E-state index is -3.60. The lowest BCUT2D eigenvalue weighted by molar-refractivity contribution is -0.133. The Morgan fingerprint density at radius 1 is 1.27 bits per heavy atom. The molecule has 1 aromatic rings. The standard InChI is InChI=1S/C17H24ClNO5S2/c1-13(2)11-19(15-7-9-25(21,22)12-15)17(20)8-10-26(23,24)16-5-3-14(18)4-6-16/h3-6,13,15H,7-12H2,1-2H3/t15-/m1/s1. The third-order valence-electron chi connectivity index (χ3n) is 4.29. The van der Waals surface area contributed by atoms with Gasteiger partial charge in [-0.2, -0.15) is 0 Å². The van der Waals surface area contributed by atoms with Gasteiger partial charge in [-0.1, -0.05) is 25.4 Å². The summed E-state index contributed by atoms with van der Waals surface area (Å²) in [5, 5.41) is 0.436. The lowest BCUT2D eigenvalue weighted by atomic mass is 10.1. The van der Waals surface area contributed by atoms with Gasteiger partial charge in [0.15, 0.2) is 19.7 Å². The van der Waals surface area contributed by atoms with Crippen molar-refractivity contribution in [2.75, 3.05) is 23.8 Å². The normalized spacial score (nSPS) is 19.6. The second kappa shape index (κ2) is 8.27. The number of benzene rings is 1. The second-order valence-corrected chi connectivity index (χ2v) is 11.8. The predicted molar refractivity (Wildman–Crippen MR) is 102 cm³/mol. The van der Waals surface area contributed by atoms with Crippen molar-refractivity contribution in [2.45, 2.75) is 37.6 Å². The maximum atomic E-state index is 12.7. The molecule has 1 amide bonds. The number of sulfone groups is 2. The Kier molecular flexibility index (Phi) is 6.74. The number of halogens is 1. The van der Waals surface area contributed by atoms with E-state index in [0.29, 0.717) is 18.0 Å². The van der Waals surface area contributed by atoms with Gasteiger partial charge in [0.25, 0.3) is 0 Å². The monoisotopic (exact) mass is 421 g/mol. The zero-order valence-corrected chi connectivity index (χ0v) is 17.3. The van der Waals surface area contributed by atoms with Crippen LogP contribution in [-0.4, -0.2) is 57.5 Å². The van der Waals surface area contributed by atoms with E-state index in [9.17, 15) is 21.6 Å². The van der Waals surface area contributed by atoms with Crippen LogP contribution < -0.4 is 0 Å². The van der Waals surface area contributed by atoms with Gasteiger partial charge in [0.2, 0.25) is 5.91 Å². The predicted octanol–water partition coefficient (Wildman–Crippen LogP) is 2.18. The van der Waals surface area contributed by atoms with E-state index in [2.05, 4.69) is 0 Å². The lowest BCUT2D eigenvalue weighted by Crippen LogP contribution is -2.43. The topological polar surface area (TPSA) is 88.6 Å². The maximum absolute atomic E-state index is 12.7. The summed E-state index contributed by atoms with van der Waals surface area (Å²) in [6, 6.07) is 5.44. The molecule has 6 nitrogen and oxygen atoms in total. The molecule has 0 bridgehead atoms. The highest BCUT2D eigenvalue weighted by molar-refractivity contribution is 7.91. The number of hydrogen-bond donors (Lipinski definition) is 0. The Bertz CT molecular complexity index is 848. The Hall–Kier alpha value is -1.12. The summed E-state index contributed by atoms with van der Waals surface area (Å²) in [5.74, 6) is -0.451. The van der Waals surface area contributed by atoms with Gasteiger partial charge in [-0.05, 0) is 36.6 Å². The Morgan fingerprint density at radius 2 is 1.88 bits per heavy atom. The molecule has 0 aromatic heterocycles. The van der Waals surface area contributed by atoms with E-state index in [-0.39, 0.29) is 46.4 Å². The summed E-state index contributed by atoms with van der Waals surface area (Å²) >= 11 is 5.77. The fourth-order valence-corrected chi connectivity index (χ4v) is 6.08. The summed E-state index contributed by atoms with van der Waals surface area (Å²) in [4.78, 5) is 14.3. The van der Waals surface area contributed by atoms with E-state index < -0.39 is 19.7 Å². The van der Waals surface area contributed by atoms with E-state index in [1.807, 2.05) is 13.8 Å². The Balaban J connectivity index is 2.08. The van der Waals surface area contributed by atoms with E-state index in [1.165, 1.54) is 24.3 Å². The van der Waals surface area contributed by atoms with E-state index >= 15 is 0 Å². The van der Waals surface area contributed by atoms with Gasteiger partial charge in [0, 0.05) is 24.0 Å². The molecule has 1 aliphatic heterocycles. The van der Waals surface area contributed by atoms with E-state index in [4.69, 9.17) is 11.6 Å².